The topological polar surface area (TPSA) is 70.5 Å². The number of hydrogen-bond acceptors (Lipinski definition) is 3. The summed E-state index contributed by atoms with van der Waals surface area (Å²) in [5.41, 5.74) is 0.174. The minimum Gasteiger partial charge on any atom is -0.480 e. The van der Waals surface area contributed by atoms with E-state index in [4.69, 9.17) is 28.3 Å². The summed E-state index contributed by atoms with van der Waals surface area (Å²) in [7, 11) is 0. The maximum Gasteiger partial charge on any atom is 0.323 e. The molecule has 1 N–H and O–H groups in total. The molecule has 7 heteroatoms. The summed E-state index contributed by atoms with van der Waals surface area (Å²) in [4.78, 5) is 27.5. The SMILES string of the molecule is C=CCN(CC(=O)O)C(=O)c1cnc(Cl)c(Cl)c1. The highest BCUT2D eigenvalue weighted by Gasteiger charge is 2.18. The Labute approximate surface area is 114 Å². The number of carbonyl (C=O) groups is 2. The Hall–Kier alpha value is -1.59. The Kier molecular flexibility index (Phi) is 5.12. The predicted molar refractivity (Wildman–Crippen MR) is 68.0 cm³/mol. The number of aliphatic carboxylic acids is 1. The van der Waals surface area contributed by atoms with Crippen molar-refractivity contribution in [2.75, 3.05) is 13.1 Å². The molecule has 1 aromatic rings. The zero-order chi connectivity index (χ0) is 13.7. The van der Waals surface area contributed by atoms with E-state index in [-0.39, 0.29) is 22.3 Å². The molecule has 96 valence electrons. The molecule has 0 aliphatic rings. The van der Waals surface area contributed by atoms with Crippen molar-refractivity contribution in [2.45, 2.75) is 0 Å². The zero-order valence-corrected chi connectivity index (χ0v) is 10.8. The van der Waals surface area contributed by atoms with Crippen LogP contribution >= 0.6 is 23.2 Å². The Morgan fingerprint density at radius 3 is 2.67 bits per heavy atom. The van der Waals surface area contributed by atoms with Gasteiger partial charge in [0.1, 0.15) is 11.7 Å². The predicted octanol–water partition coefficient (Wildman–Crippen LogP) is 2.10. The zero-order valence-electron chi connectivity index (χ0n) is 9.27. The van der Waals surface area contributed by atoms with Crippen LogP contribution in [-0.2, 0) is 4.79 Å². The highest BCUT2D eigenvalue weighted by molar-refractivity contribution is 6.41. The number of nitrogens with zero attached hydrogens (tertiary/aromatic N) is 2. The second-order valence-corrected chi connectivity index (χ2v) is 4.13. The number of carboxylic acids is 1. The molecule has 18 heavy (non-hydrogen) atoms. The van der Waals surface area contributed by atoms with Crippen molar-refractivity contribution in [1.82, 2.24) is 9.88 Å². The summed E-state index contributed by atoms with van der Waals surface area (Å²) in [5, 5.41) is 8.93. The van der Waals surface area contributed by atoms with Crippen molar-refractivity contribution >= 4 is 35.1 Å². The standard InChI is InChI=1S/C11H10Cl2N2O3/c1-2-3-15(6-9(16)17)11(18)7-4-8(12)10(13)14-5-7/h2,4-5H,1,3,6H2,(H,16,17). The minimum atomic E-state index is -1.11. The van der Waals surface area contributed by atoms with Crippen LogP contribution in [0.5, 0.6) is 0 Å². The van der Waals surface area contributed by atoms with Crippen LogP contribution in [0, 0.1) is 0 Å². The first kappa shape index (κ1) is 14.5. The molecule has 0 unspecified atom stereocenters. The molecule has 0 atom stereocenters. The number of carbonyl (C=O) groups excluding carboxylic acids is 1. The molecule has 0 saturated carbocycles. The van der Waals surface area contributed by atoms with Gasteiger partial charge >= 0.3 is 5.97 Å². The fraction of sp³-hybridized carbons (Fsp3) is 0.182. The Balaban J connectivity index is 2.97. The second-order valence-electron chi connectivity index (χ2n) is 3.36. The molecule has 0 aliphatic carbocycles. The van der Waals surface area contributed by atoms with E-state index in [0.29, 0.717) is 0 Å². The van der Waals surface area contributed by atoms with E-state index in [2.05, 4.69) is 11.6 Å². The van der Waals surface area contributed by atoms with Crippen LogP contribution in [0.15, 0.2) is 24.9 Å². The third-order valence-corrected chi connectivity index (χ3v) is 2.69. The van der Waals surface area contributed by atoms with E-state index in [1.54, 1.807) is 0 Å². The van der Waals surface area contributed by atoms with Crippen LogP contribution in [-0.4, -0.2) is 40.0 Å². The molecule has 0 aliphatic heterocycles. The van der Waals surface area contributed by atoms with E-state index in [1.807, 2.05) is 0 Å². The quantitative estimate of drug-likeness (QED) is 0.665. The lowest BCUT2D eigenvalue weighted by molar-refractivity contribution is -0.137. The van der Waals surface area contributed by atoms with E-state index in [0.717, 1.165) is 4.90 Å². The number of hydrogen-bond donors (Lipinski definition) is 1. The van der Waals surface area contributed by atoms with Gasteiger partial charge < -0.3 is 10.0 Å². The maximum absolute atomic E-state index is 12.0. The number of amides is 1. The van der Waals surface area contributed by atoms with Crippen LogP contribution in [0.3, 0.4) is 0 Å². The van der Waals surface area contributed by atoms with Crippen LogP contribution < -0.4 is 0 Å². The van der Waals surface area contributed by atoms with Crippen LogP contribution in [0.25, 0.3) is 0 Å². The lowest BCUT2D eigenvalue weighted by atomic mass is 10.2. The maximum atomic E-state index is 12.0. The number of halogens is 2. The summed E-state index contributed by atoms with van der Waals surface area (Å²) < 4.78 is 0. The third kappa shape index (κ3) is 3.72. The Morgan fingerprint density at radius 1 is 1.50 bits per heavy atom. The van der Waals surface area contributed by atoms with Crippen molar-refractivity contribution in [3.63, 3.8) is 0 Å². The highest BCUT2D eigenvalue weighted by Crippen LogP contribution is 2.20. The average molecular weight is 289 g/mol. The number of carboxylic acid groups (broad SMARTS) is 1. The van der Waals surface area contributed by atoms with Gasteiger partial charge in [-0.3, -0.25) is 9.59 Å². The van der Waals surface area contributed by atoms with E-state index in [1.165, 1.54) is 18.3 Å². The van der Waals surface area contributed by atoms with Crippen LogP contribution in [0.2, 0.25) is 10.2 Å². The van der Waals surface area contributed by atoms with Crippen LogP contribution in [0.1, 0.15) is 10.4 Å². The van der Waals surface area contributed by atoms with Gasteiger partial charge in [0.25, 0.3) is 5.91 Å². The fourth-order valence-corrected chi connectivity index (χ4v) is 1.53. The van der Waals surface area contributed by atoms with Gasteiger partial charge in [0.15, 0.2) is 0 Å². The second kappa shape index (κ2) is 6.37. The first-order valence-corrected chi connectivity index (χ1v) is 5.64. The van der Waals surface area contributed by atoms with Gasteiger partial charge in [0.05, 0.1) is 10.6 Å². The third-order valence-electron chi connectivity index (χ3n) is 2.01. The number of aromatic nitrogens is 1. The Morgan fingerprint density at radius 2 is 2.17 bits per heavy atom. The summed E-state index contributed by atoms with van der Waals surface area (Å²) in [5.74, 6) is -1.61. The van der Waals surface area contributed by atoms with Crippen molar-refractivity contribution in [1.29, 1.82) is 0 Å². The molecule has 0 radical (unpaired) electrons. The molecule has 5 nitrogen and oxygen atoms in total. The molecular formula is C11H10Cl2N2O3. The van der Waals surface area contributed by atoms with Gasteiger partial charge in [-0.15, -0.1) is 6.58 Å². The van der Waals surface area contributed by atoms with Crippen LogP contribution in [0.4, 0.5) is 0 Å². The summed E-state index contributed by atoms with van der Waals surface area (Å²) in [6.45, 7) is 3.16. The van der Waals surface area contributed by atoms with Gasteiger partial charge in [0, 0.05) is 12.7 Å². The van der Waals surface area contributed by atoms with E-state index >= 15 is 0 Å². The summed E-state index contributed by atoms with van der Waals surface area (Å²) in [6, 6.07) is 1.34. The first-order chi connectivity index (χ1) is 8.45. The molecule has 1 aromatic heterocycles. The lowest BCUT2D eigenvalue weighted by Gasteiger charge is -2.18. The lowest BCUT2D eigenvalue weighted by Crippen LogP contribution is -2.35. The molecule has 0 aromatic carbocycles. The van der Waals surface area contributed by atoms with E-state index in [9.17, 15) is 9.59 Å². The summed E-state index contributed by atoms with van der Waals surface area (Å²) in [6.07, 6.45) is 2.68. The van der Waals surface area contributed by atoms with E-state index < -0.39 is 18.4 Å². The fourth-order valence-electron chi connectivity index (χ4n) is 1.26. The Bertz CT molecular complexity index is 491. The van der Waals surface area contributed by atoms with Gasteiger partial charge in [-0.25, -0.2) is 4.98 Å². The van der Waals surface area contributed by atoms with Gasteiger partial charge in [-0.1, -0.05) is 29.3 Å². The minimum absolute atomic E-state index is 0.0849. The normalized spacial score (nSPS) is 9.89. The molecule has 1 heterocycles. The van der Waals surface area contributed by atoms with Gasteiger partial charge in [-0.05, 0) is 6.07 Å². The van der Waals surface area contributed by atoms with Gasteiger partial charge in [-0.2, -0.15) is 0 Å². The van der Waals surface area contributed by atoms with Crippen molar-refractivity contribution in [3.8, 4) is 0 Å². The number of rotatable bonds is 5. The van der Waals surface area contributed by atoms with Crippen molar-refractivity contribution in [3.05, 3.63) is 40.7 Å². The molecule has 1 amide bonds. The van der Waals surface area contributed by atoms with Gasteiger partial charge in [0.2, 0.25) is 0 Å². The molecular weight excluding hydrogens is 279 g/mol. The van der Waals surface area contributed by atoms with Crippen molar-refractivity contribution < 1.29 is 14.7 Å². The first-order valence-electron chi connectivity index (χ1n) is 4.88. The number of pyridine rings is 1. The monoisotopic (exact) mass is 288 g/mol. The smallest absolute Gasteiger partial charge is 0.323 e. The molecule has 1 rings (SSSR count). The molecule has 0 fully saturated rings. The molecule has 0 saturated heterocycles. The van der Waals surface area contributed by atoms with Crippen molar-refractivity contribution in [2.24, 2.45) is 0 Å². The molecule has 0 bridgehead atoms. The largest absolute Gasteiger partial charge is 0.480 e. The molecule has 0 spiro atoms. The average Bonchev–Trinajstić information content (AvgIpc) is 2.31. The summed E-state index contributed by atoms with van der Waals surface area (Å²) >= 11 is 11.4. The highest BCUT2D eigenvalue weighted by atomic mass is 35.5.